The molecule has 0 bridgehead atoms. The van der Waals surface area contributed by atoms with Gasteiger partial charge in [-0.1, -0.05) is 12.1 Å². The van der Waals surface area contributed by atoms with Crippen molar-refractivity contribution in [2.24, 2.45) is 4.99 Å². The average Bonchev–Trinajstić information content (AvgIpc) is 2.66. The van der Waals surface area contributed by atoms with E-state index in [1.165, 1.54) is 0 Å². The molecule has 0 unspecified atom stereocenters. The monoisotopic (exact) mass is 341 g/mol. The number of para-hydroxylation sites is 2. The van der Waals surface area contributed by atoms with Crippen LogP contribution < -0.4 is 14.4 Å². The number of methoxy groups -OCH3 is 2. The van der Waals surface area contributed by atoms with E-state index in [1.54, 1.807) is 14.2 Å². The van der Waals surface area contributed by atoms with Gasteiger partial charge < -0.3 is 19.3 Å². The SMILES string of the molecule is CCN(C)/C=N/c1cc(OC)cc(N(C)c2ccccc2OC)c1C. The largest absolute Gasteiger partial charge is 0.497 e. The molecule has 0 atom stereocenters. The van der Waals surface area contributed by atoms with Gasteiger partial charge in [-0.3, -0.25) is 0 Å². The van der Waals surface area contributed by atoms with Crippen molar-refractivity contribution in [2.45, 2.75) is 13.8 Å². The fourth-order valence-electron chi connectivity index (χ4n) is 2.54. The second-order valence-electron chi connectivity index (χ2n) is 5.84. The molecule has 0 spiro atoms. The first kappa shape index (κ1) is 18.6. The Bertz CT molecular complexity index is 744. The minimum Gasteiger partial charge on any atom is -0.497 e. The predicted molar refractivity (Wildman–Crippen MR) is 105 cm³/mol. The third-order valence-corrected chi connectivity index (χ3v) is 4.26. The summed E-state index contributed by atoms with van der Waals surface area (Å²) >= 11 is 0. The summed E-state index contributed by atoms with van der Waals surface area (Å²) in [6.45, 7) is 5.06. The van der Waals surface area contributed by atoms with E-state index >= 15 is 0 Å². The van der Waals surface area contributed by atoms with Crippen LogP contribution in [0.1, 0.15) is 12.5 Å². The summed E-state index contributed by atoms with van der Waals surface area (Å²) in [6, 6.07) is 11.9. The maximum Gasteiger partial charge on any atom is 0.142 e. The van der Waals surface area contributed by atoms with Gasteiger partial charge in [-0.05, 0) is 31.5 Å². The second-order valence-corrected chi connectivity index (χ2v) is 5.84. The predicted octanol–water partition coefficient (Wildman–Crippen LogP) is 4.39. The first-order valence-corrected chi connectivity index (χ1v) is 8.31. The smallest absolute Gasteiger partial charge is 0.142 e. The molecule has 5 heteroatoms. The Morgan fingerprint density at radius 1 is 1.04 bits per heavy atom. The Morgan fingerprint density at radius 2 is 1.76 bits per heavy atom. The van der Waals surface area contributed by atoms with E-state index in [9.17, 15) is 0 Å². The van der Waals surface area contributed by atoms with Crippen molar-refractivity contribution in [1.29, 1.82) is 0 Å². The summed E-state index contributed by atoms with van der Waals surface area (Å²) in [5.74, 6) is 1.59. The number of hydrogen-bond donors (Lipinski definition) is 0. The van der Waals surface area contributed by atoms with Gasteiger partial charge in [0.15, 0.2) is 0 Å². The minimum atomic E-state index is 0.772. The molecule has 0 amide bonds. The van der Waals surface area contributed by atoms with Gasteiger partial charge in [-0.25, -0.2) is 4.99 Å². The van der Waals surface area contributed by atoms with Gasteiger partial charge in [0.1, 0.15) is 11.5 Å². The van der Waals surface area contributed by atoms with Crippen molar-refractivity contribution < 1.29 is 9.47 Å². The Labute approximate surface area is 150 Å². The lowest BCUT2D eigenvalue weighted by atomic mass is 10.1. The fourth-order valence-corrected chi connectivity index (χ4v) is 2.54. The Hall–Kier alpha value is -2.69. The Balaban J connectivity index is 2.51. The van der Waals surface area contributed by atoms with Gasteiger partial charge in [0.05, 0.1) is 31.9 Å². The molecular weight excluding hydrogens is 314 g/mol. The first-order chi connectivity index (χ1) is 12.0. The summed E-state index contributed by atoms with van der Waals surface area (Å²) < 4.78 is 11.0. The molecule has 2 aromatic carbocycles. The van der Waals surface area contributed by atoms with Crippen LogP contribution in [0.3, 0.4) is 0 Å². The van der Waals surface area contributed by atoms with E-state index in [0.29, 0.717) is 0 Å². The minimum absolute atomic E-state index is 0.772. The lowest BCUT2D eigenvalue weighted by molar-refractivity contribution is 0.414. The quantitative estimate of drug-likeness (QED) is 0.553. The molecule has 0 saturated heterocycles. The number of nitrogens with zero attached hydrogens (tertiary/aromatic N) is 3. The highest BCUT2D eigenvalue weighted by molar-refractivity contribution is 5.77. The van der Waals surface area contributed by atoms with E-state index in [1.807, 2.05) is 61.7 Å². The van der Waals surface area contributed by atoms with Crippen molar-refractivity contribution in [3.8, 4) is 11.5 Å². The van der Waals surface area contributed by atoms with Crippen LogP contribution in [0.15, 0.2) is 41.4 Å². The zero-order valence-electron chi connectivity index (χ0n) is 15.9. The van der Waals surface area contributed by atoms with E-state index < -0.39 is 0 Å². The third-order valence-electron chi connectivity index (χ3n) is 4.26. The van der Waals surface area contributed by atoms with E-state index in [-0.39, 0.29) is 0 Å². The lowest BCUT2D eigenvalue weighted by Crippen LogP contribution is -2.14. The summed E-state index contributed by atoms with van der Waals surface area (Å²) in [5.41, 5.74) is 3.98. The zero-order chi connectivity index (χ0) is 18.4. The van der Waals surface area contributed by atoms with Gasteiger partial charge in [0.2, 0.25) is 0 Å². The average molecular weight is 341 g/mol. The van der Waals surface area contributed by atoms with Crippen molar-refractivity contribution >= 4 is 23.4 Å². The standard InChI is InChI=1S/C20H27N3O2/c1-7-22(3)14-21-17-12-16(24-5)13-19(15(17)2)23(4)18-10-8-9-11-20(18)25-6/h8-14H,7H2,1-6H3/b21-14+. The first-order valence-electron chi connectivity index (χ1n) is 8.31. The number of ether oxygens (including phenoxy) is 2. The second kappa shape index (κ2) is 8.42. The number of benzene rings is 2. The summed E-state index contributed by atoms with van der Waals surface area (Å²) in [5, 5.41) is 0. The van der Waals surface area contributed by atoms with Crippen molar-refractivity contribution in [1.82, 2.24) is 4.90 Å². The van der Waals surface area contributed by atoms with Gasteiger partial charge >= 0.3 is 0 Å². The molecule has 0 aliphatic heterocycles. The van der Waals surface area contributed by atoms with Crippen LogP contribution in [0.2, 0.25) is 0 Å². The van der Waals surface area contributed by atoms with Crippen LogP contribution in [0.5, 0.6) is 11.5 Å². The van der Waals surface area contributed by atoms with Crippen LogP contribution in [-0.4, -0.2) is 46.1 Å². The fraction of sp³-hybridized carbons (Fsp3) is 0.350. The molecule has 0 fully saturated rings. The Kier molecular flexibility index (Phi) is 6.28. The topological polar surface area (TPSA) is 37.3 Å². The van der Waals surface area contributed by atoms with Crippen LogP contribution in [-0.2, 0) is 0 Å². The molecule has 2 rings (SSSR count). The number of anilines is 2. The lowest BCUT2D eigenvalue weighted by Gasteiger charge is -2.25. The highest BCUT2D eigenvalue weighted by Crippen LogP contribution is 2.39. The molecule has 0 aliphatic carbocycles. The van der Waals surface area contributed by atoms with Crippen molar-refractivity contribution in [2.75, 3.05) is 39.8 Å². The molecule has 0 N–H and O–H groups in total. The summed E-state index contributed by atoms with van der Waals surface area (Å²) in [4.78, 5) is 8.75. The van der Waals surface area contributed by atoms with Gasteiger partial charge in [0.25, 0.3) is 0 Å². The third kappa shape index (κ3) is 4.24. The highest BCUT2D eigenvalue weighted by Gasteiger charge is 2.15. The highest BCUT2D eigenvalue weighted by atomic mass is 16.5. The van der Waals surface area contributed by atoms with Crippen molar-refractivity contribution in [3.05, 3.63) is 42.0 Å². The number of rotatable bonds is 7. The molecule has 0 aliphatic rings. The molecule has 0 aromatic heterocycles. The van der Waals surface area contributed by atoms with Crippen molar-refractivity contribution in [3.63, 3.8) is 0 Å². The molecule has 0 radical (unpaired) electrons. The molecule has 0 heterocycles. The molecule has 5 nitrogen and oxygen atoms in total. The van der Waals surface area contributed by atoms with Crippen LogP contribution in [0, 0.1) is 6.92 Å². The maximum atomic E-state index is 5.50. The normalized spacial score (nSPS) is 10.8. The maximum absolute atomic E-state index is 5.50. The summed E-state index contributed by atoms with van der Waals surface area (Å²) in [7, 11) is 7.37. The van der Waals surface area contributed by atoms with E-state index in [4.69, 9.17) is 9.47 Å². The molecule has 25 heavy (non-hydrogen) atoms. The van der Waals surface area contributed by atoms with Crippen LogP contribution in [0.25, 0.3) is 0 Å². The van der Waals surface area contributed by atoms with E-state index in [0.717, 1.165) is 40.7 Å². The van der Waals surface area contributed by atoms with Gasteiger partial charge in [0, 0.05) is 38.5 Å². The molecule has 2 aromatic rings. The number of aliphatic imine (C=N–C) groups is 1. The molecule has 0 saturated carbocycles. The zero-order valence-corrected chi connectivity index (χ0v) is 15.9. The number of hydrogen-bond acceptors (Lipinski definition) is 4. The van der Waals surface area contributed by atoms with Gasteiger partial charge in [-0.15, -0.1) is 0 Å². The summed E-state index contributed by atoms with van der Waals surface area (Å²) in [6.07, 6.45) is 1.84. The molecule has 134 valence electrons. The van der Waals surface area contributed by atoms with Crippen LogP contribution in [0.4, 0.5) is 17.1 Å². The Morgan fingerprint density at radius 3 is 2.40 bits per heavy atom. The van der Waals surface area contributed by atoms with E-state index in [2.05, 4.69) is 23.7 Å². The van der Waals surface area contributed by atoms with Crippen LogP contribution >= 0.6 is 0 Å². The molecular formula is C20H27N3O2. The van der Waals surface area contributed by atoms with Gasteiger partial charge in [-0.2, -0.15) is 0 Å².